The van der Waals surface area contributed by atoms with Crippen molar-refractivity contribution >= 4 is 17.3 Å². The Bertz CT molecular complexity index is 424. The molecule has 0 aliphatic rings. The van der Waals surface area contributed by atoms with Gasteiger partial charge in [0, 0.05) is 12.1 Å². The van der Waals surface area contributed by atoms with Crippen molar-refractivity contribution in [3.05, 3.63) is 29.8 Å². The summed E-state index contributed by atoms with van der Waals surface area (Å²) in [6.45, 7) is 5.85. The Balaban J connectivity index is 2.61. The molecule has 0 aromatic heterocycles. The second kappa shape index (κ2) is 6.79. The third-order valence-electron chi connectivity index (χ3n) is 2.97. The number of oxime groups is 1. The number of hydrogen-bond donors (Lipinski definition) is 2. The van der Waals surface area contributed by atoms with Crippen LogP contribution >= 0.6 is 0 Å². The number of amides is 1. The van der Waals surface area contributed by atoms with E-state index >= 15 is 0 Å². The van der Waals surface area contributed by atoms with Gasteiger partial charge in [0.2, 0.25) is 5.91 Å². The van der Waals surface area contributed by atoms with Gasteiger partial charge < -0.3 is 10.5 Å². The zero-order valence-electron chi connectivity index (χ0n) is 11.1. The van der Waals surface area contributed by atoms with Crippen molar-refractivity contribution in [3.63, 3.8) is 0 Å². The fourth-order valence-corrected chi connectivity index (χ4v) is 1.53. The summed E-state index contributed by atoms with van der Waals surface area (Å²) in [5.41, 5.74) is 2.14. The Kier molecular flexibility index (Phi) is 5.36. The van der Waals surface area contributed by atoms with Gasteiger partial charge in [-0.1, -0.05) is 37.6 Å². The number of benzene rings is 1. The molecule has 0 radical (unpaired) electrons. The van der Waals surface area contributed by atoms with E-state index in [1.807, 2.05) is 12.1 Å². The van der Waals surface area contributed by atoms with Crippen molar-refractivity contribution in [2.75, 3.05) is 5.32 Å². The van der Waals surface area contributed by atoms with Crippen LogP contribution in [0.15, 0.2) is 29.4 Å². The molecule has 1 atom stereocenters. The second-order valence-corrected chi connectivity index (χ2v) is 4.53. The van der Waals surface area contributed by atoms with Crippen LogP contribution in [0.5, 0.6) is 0 Å². The van der Waals surface area contributed by atoms with Crippen LogP contribution in [-0.4, -0.2) is 16.8 Å². The van der Waals surface area contributed by atoms with Crippen molar-refractivity contribution in [2.45, 2.75) is 33.6 Å². The van der Waals surface area contributed by atoms with Gasteiger partial charge in [-0.3, -0.25) is 4.79 Å². The van der Waals surface area contributed by atoms with Gasteiger partial charge in [0.1, 0.15) is 0 Å². The topological polar surface area (TPSA) is 61.7 Å². The van der Waals surface area contributed by atoms with Crippen molar-refractivity contribution in [1.82, 2.24) is 0 Å². The highest BCUT2D eigenvalue weighted by molar-refractivity contribution is 5.99. The predicted molar refractivity (Wildman–Crippen MR) is 73.1 cm³/mol. The molecule has 0 aliphatic carbocycles. The SMILES string of the molecule is CCC(C)CC(=O)Nc1ccc(/C(C)=N/O)cc1. The van der Waals surface area contributed by atoms with Crippen LogP contribution in [0.2, 0.25) is 0 Å². The molecule has 2 N–H and O–H groups in total. The lowest BCUT2D eigenvalue weighted by atomic mass is 10.0. The number of nitrogens with one attached hydrogen (secondary N) is 1. The highest BCUT2D eigenvalue weighted by Gasteiger charge is 2.07. The summed E-state index contributed by atoms with van der Waals surface area (Å²) in [6, 6.07) is 7.24. The zero-order chi connectivity index (χ0) is 13.5. The lowest BCUT2D eigenvalue weighted by molar-refractivity contribution is -0.117. The lowest BCUT2D eigenvalue weighted by Gasteiger charge is -2.09. The Morgan fingerprint density at radius 3 is 2.50 bits per heavy atom. The van der Waals surface area contributed by atoms with Crippen molar-refractivity contribution in [1.29, 1.82) is 0 Å². The molecule has 0 aliphatic heterocycles. The Hall–Kier alpha value is -1.84. The minimum Gasteiger partial charge on any atom is -0.411 e. The van der Waals surface area contributed by atoms with Gasteiger partial charge in [-0.2, -0.15) is 0 Å². The number of hydrogen-bond acceptors (Lipinski definition) is 3. The number of nitrogens with zero attached hydrogens (tertiary/aromatic N) is 1. The molecular formula is C14H20N2O2. The van der Waals surface area contributed by atoms with Crippen LogP contribution in [0.4, 0.5) is 5.69 Å². The van der Waals surface area contributed by atoms with E-state index < -0.39 is 0 Å². The minimum absolute atomic E-state index is 0.0321. The number of carbonyl (C=O) groups is 1. The normalized spacial score (nSPS) is 13.2. The van der Waals surface area contributed by atoms with E-state index in [4.69, 9.17) is 5.21 Å². The monoisotopic (exact) mass is 248 g/mol. The fourth-order valence-electron chi connectivity index (χ4n) is 1.53. The smallest absolute Gasteiger partial charge is 0.224 e. The summed E-state index contributed by atoms with van der Waals surface area (Å²) in [7, 11) is 0. The molecule has 1 amide bonds. The number of anilines is 1. The van der Waals surface area contributed by atoms with Gasteiger partial charge in [-0.05, 0) is 30.5 Å². The molecule has 4 heteroatoms. The molecule has 0 bridgehead atoms. The Labute approximate surface area is 108 Å². The van der Waals surface area contributed by atoms with Crippen LogP contribution in [0.3, 0.4) is 0 Å². The maximum absolute atomic E-state index is 11.7. The number of rotatable bonds is 5. The Morgan fingerprint density at radius 1 is 1.39 bits per heavy atom. The molecule has 1 aromatic rings. The van der Waals surface area contributed by atoms with Gasteiger partial charge in [0.05, 0.1) is 5.71 Å². The van der Waals surface area contributed by atoms with Crippen LogP contribution < -0.4 is 5.32 Å². The highest BCUT2D eigenvalue weighted by Crippen LogP contribution is 2.13. The first kappa shape index (κ1) is 14.2. The lowest BCUT2D eigenvalue weighted by Crippen LogP contribution is -2.14. The summed E-state index contributed by atoms with van der Waals surface area (Å²) in [5, 5.41) is 14.6. The molecule has 1 unspecified atom stereocenters. The molecule has 4 nitrogen and oxygen atoms in total. The quantitative estimate of drug-likeness (QED) is 0.477. The molecule has 0 saturated heterocycles. The minimum atomic E-state index is 0.0321. The van der Waals surface area contributed by atoms with Gasteiger partial charge in [0.15, 0.2) is 0 Å². The van der Waals surface area contributed by atoms with Crippen molar-refractivity contribution in [2.24, 2.45) is 11.1 Å². The molecular weight excluding hydrogens is 228 g/mol. The van der Waals surface area contributed by atoms with Crippen LogP contribution in [0.25, 0.3) is 0 Å². The second-order valence-electron chi connectivity index (χ2n) is 4.53. The Morgan fingerprint density at radius 2 is 2.00 bits per heavy atom. The van der Waals surface area contributed by atoms with Gasteiger partial charge >= 0.3 is 0 Å². The van der Waals surface area contributed by atoms with Gasteiger partial charge in [-0.15, -0.1) is 0 Å². The van der Waals surface area contributed by atoms with Crippen LogP contribution in [0.1, 0.15) is 39.2 Å². The van der Waals surface area contributed by atoms with Crippen LogP contribution in [0, 0.1) is 5.92 Å². The summed E-state index contributed by atoms with van der Waals surface area (Å²) < 4.78 is 0. The van der Waals surface area contributed by atoms with E-state index in [2.05, 4.69) is 24.3 Å². The third-order valence-corrected chi connectivity index (χ3v) is 2.97. The van der Waals surface area contributed by atoms with E-state index in [-0.39, 0.29) is 5.91 Å². The average molecular weight is 248 g/mol. The first-order valence-electron chi connectivity index (χ1n) is 6.15. The van der Waals surface area contributed by atoms with E-state index in [9.17, 15) is 4.79 Å². The summed E-state index contributed by atoms with van der Waals surface area (Å²) in [4.78, 5) is 11.7. The molecule has 0 heterocycles. The van der Waals surface area contributed by atoms with E-state index in [1.165, 1.54) is 0 Å². The first-order valence-corrected chi connectivity index (χ1v) is 6.15. The zero-order valence-corrected chi connectivity index (χ0v) is 11.1. The van der Waals surface area contributed by atoms with Crippen molar-refractivity contribution < 1.29 is 10.0 Å². The largest absolute Gasteiger partial charge is 0.411 e. The summed E-state index contributed by atoms with van der Waals surface area (Å²) in [6.07, 6.45) is 1.54. The van der Waals surface area contributed by atoms with E-state index in [0.29, 0.717) is 18.1 Å². The third kappa shape index (κ3) is 4.20. The van der Waals surface area contributed by atoms with Gasteiger partial charge in [-0.25, -0.2) is 0 Å². The predicted octanol–water partition coefficient (Wildman–Crippen LogP) is 3.26. The molecule has 0 saturated carbocycles. The molecule has 98 valence electrons. The average Bonchev–Trinajstić information content (AvgIpc) is 2.38. The fraction of sp³-hybridized carbons (Fsp3) is 0.429. The molecule has 1 rings (SSSR count). The van der Waals surface area contributed by atoms with Gasteiger partial charge in [0.25, 0.3) is 0 Å². The summed E-state index contributed by atoms with van der Waals surface area (Å²) >= 11 is 0. The molecule has 0 spiro atoms. The molecule has 18 heavy (non-hydrogen) atoms. The van der Waals surface area contributed by atoms with Crippen molar-refractivity contribution in [3.8, 4) is 0 Å². The number of carbonyl (C=O) groups excluding carboxylic acids is 1. The standard InChI is InChI=1S/C14H20N2O2/c1-4-10(2)9-14(17)15-13-7-5-12(6-8-13)11(3)16-18/h5-8,10,18H,4,9H2,1-3H3,(H,15,17)/b16-11+. The summed E-state index contributed by atoms with van der Waals surface area (Å²) in [5.74, 6) is 0.428. The maximum atomic E-state index is 11.7. The van der Waals surface area contributed by atoms with Crippen LogP contribution in [-0.2, 0) is 4.79 Å². The van der Waals surface area contributed by atoms with E-state index in [1.54, 1.807) is 19.1 Å². The molecule has 0 fully saturated rings. The van der Waals surface area contributed by atoms with E-state index in [0.717, 1.165) is 17.7 Å². The maximum Gasteiger partial charge on any atom is 0.224 e. The first-order chi connectivity index (χ1) is 8.56. The molecule has 1 aromatic carbocycles. The highest BCUT2D eigenvalue weighted by atomic mass is 16.4.